The molecule has 0 fully saturated rings. The highest BCUT2D eigenvalue weighted by molar-refractivity contribution is 7.15. The molecule has 2 aromatic heterocycles. The maximum Gasteiger partial charge on any atom is 0.274 e. The largest absolute Gasteiger partial charge is 0.493 e. The lowest BCUT2D eigenvalue weighted by Crippen LogP contribution is -2.22. The molecule has 0 unspecified atom stereocenters. The molecule has 2 heterocycles. The van der Waals surface area contributed by atoms with Crippen molar-refractivity contribution >= 4 is 56.6 Å². The first-order valence-corrected chi connectivity index (χ1v) is 11.3. The highest BCUT2D eigenvalue weighted by atomic mass is 35.5. The van der Waals surface area contributed by atoms with Crippen LogP contribution < -0.4 is 19.6 Å². The zero-order chi connectivity index (χ0) is 22.2. The Balaban J connectivity index is 1.46. The summed E-state index contributed by atoms with van der Waals surface area (Å²) in [4.78, 5) is 18.2. The maximum atomic E-state index is 13.0. The molecule has 0 aliphatic heterocycles. The van der Waals surface area contributed by atoms with Crippen molar-refractivity contribution in [2.24, 2.45) is 0 Å². The molecule has 0 aliphatic carbocycles. The van der Waals surface area contributed by atoms with Crippen molar-refractivity contribution in [3.63, 3.8) is 0 Å². The van der Waals surface area contributed by atoms with Gasteiger partial charge in [0.2, 0.25) is 0 Å². The van der Waals surface area contributed by atoms with Gasteiger partial charge in [-0.05, 0) is 53.6 Å². The molecule has 0 aliphatic rings. The lowest BCUT2D eigenvalue weighted by Gasteiger charge is -2.11. The van der Waals surface area contributed by atoms with Crippen molar-refractivity contribution in [3.05, 3.63) is 96.7 Å². The Morgan fingerprint density at radius 1 is 1.03 bits per heavy atom. The number of hydrogen-bond acceptors (Lipinski definition) is 5. The first-order chi connectivity index (χ1) is 15.5. The van der Waals surface area contributed by atoms with Gasteiger partial charge in [0.1, 0.15) is 6.61 Å². The fourth-order valence-corrected chi connectivity index (χ4v) is 4.75. The number of benzene rings is 3. The number of imidazole rings is 1. The lowest BCUT2D eigenvalue weighted by atomic mass is 10.2. The van der Waals surface area contributed by atoms with Crippen molar-refractivity contribution in [2.45, 2.75) is 6.61 Å². The van der Waals surface area contributed by atoms with Crippen LogP contribution in [0.25, 0.3) is 22.1 Å². The van der Waals surface area contributed by atoms with Gasteiger partial charge in [0, 0.05) is 0 Å². The normalized spacial score (nSPS) is 12.0. The smallest absolute Gasteiger partial charge is 0.274 e. The maximum absolute atomic E-state index is 13.0. The fraction of sp³-hybridized carbons (Fsp3) is 0.0833. The van der Waals surface area contributed by atoms with E-state index in [1.54, 1.807) is 23.6 Å². The van der Waals surface area contributed by atoms with Crippen LogP contribution in [-0.2, 0) is 6.61 Å². The van der Waals surface area contributed by atoms with Crippen molar-refractivity contribution in [3.8, 4) is 11.5 Å². The van der Waals surface area contributed by atoms with Gasteiger partial charge in [0.15, 0.2) is 16.5 Å². The van der Waals surface area contributed by atoms with Gasteiger partial charge in [-0.25, -0.2) is 9.38 Å². The van der Waals surface area contributed by atoms with Gasteiger partial charge in [0.25, 0.3) is 5.56 Å². The van der Waals surface area contributed by atoms with Gasteiger partial charge >= 0.3 is 0 Å². The highest BCUT2D eigenvalue weighted by Crippen LogP contribution is 2.30. The standard InChI is InChI=1S/C24H16Cl2N2O3S/c1-30-21-11-14(7-9-20(21)31-13-15-6-8-16(25)17(26)10-15)12-22-23(29)28-19-5-3-2-4-18(19)27-24(28)32-22/h2-12H,13H2,1H3. The average Bonchev–Trinajstić information content (AvgIpc) is 3.31. The molecule has 0 atom stereocenters. The Morgan fingerprint density at radius 3 is 2.69 bits per heavy atom. The zero-order valence-electron chi connectivity index (χ0n) is 16.8. The number of rotatable bonds is 5. The summed E-state index contributed by atoms with van der Waals surface area (Å²) < 4.78 is 13.7. The van der Waals surface area contributed by atoms with Crippen molar-refractivity contribution in [1.82, 2.24) is 9.38 Å². The summed E-state index contributed by atoms with van der Waals surface area (Å²) in [5, 5.41) is 0.979. The molecule has 0 saturated carbocycles. The summed E-state index contributed by atoms with van der Waals surface area (Å²) in [6, 6.07) is 18.5. The Kier molecular flexibility index (Phi) is 5.51. The number of aromatic nitrogens is 2. The SMILES string of the molecule is COc1cc(C=c2sc3nc4ccccc4n3c2=O)ccc1OCc1ccc(Cl)c(Cl)c1. The minimum atomic E-state index is -0.0855. The number of hydrogen-bond donors (Lipinski definition) is 0. The summed E-state index contributed by atoms with van der Waals surface area (Å²) in [5.41, 5.74) is 3.26. The summed E-state index contributed by atoms with van der Waals surface area (Å²) in [6.45, 7) is 0.316. The summed E-state index contributed by atoms with van der Waals surface area (Å²) in [6.07, 6.45) is 1.84. The minimum absolute atomic E-state index is 0.0855. The minimum Gasteiger partial charge on any atom is -0.493 e. The second-order valence-electron chi connectivity index (χ2n) is 7.08. The van der Waals surface area contributed by atoms with E-state index in [-0.39, 0.29) is 5.56 Å². The molecule has 5 aromatic rings. The number of thiazole rings is 1. The lowest BCUT2D eigenvalue weighted by molar-refractivity contribution is 0.284. The summed E-state index contributed by atoms with van der Waals surface area (Å²) >= 11 is 13.4. The Bertz CT molecular complexity index is 1580. The van der Waals surface area contributed by atoms with Crippen LogP contribution in [0.5, 0.6) is 11.5 Å². The predicted octanol–water partition coefficient (Wildman–Crippen LogP) is 5.35. The van der Waals surface area contributed by atoms with Crippen LogP contribution in [0.2, 0.25) is 10.0 Å². The van der Waals surface area contributed by atoms with Crippen LogP contribution in [0, 0.1) is 0 Å². The van der Waals surface area contributed by atoms with Gasteiger partial charge in [-0.15, -0.1) is 0 Å². The van der Waals surface area contributed by atoms with Crippen molar-refractivity contribution in [2.75, 3.05) is 7.11 Å². The molecule has 160 valence electrons. The summed E-state index contributed by atoms with van der Waals surface area (Å²) in [7, 11) is 1.58. The van der Waals surface area contributed by atoms with E-state index in [0.29, 0.717) is 37.6 Å². The topological polar surface area (TPSA) is 52.8 Å². The number of nitrogens with zero attached hydrogens (tertiary/aromatic N) is 2. The van der Waals surface area contributed by atoms with Gasteiger partial charge in [-0.1, -0.05) is 58.8 Å². The van der Waals surface area contributed by atoms with E-state index >= 15 is 0 Å². The molecule has 0 saturated heterocycles. The van der Waals surface area contributed by atoms with E-state index < -0.39 is 0 Å². The molecule has 0 bridgehead atoms. The van der Waals surface area contributed by atoms with E-state index in [1.165, 1.54) is 11.3 Å². The van der Waals surface area contributed by atoms with Crippen LogP contribution in [0.1, 0.15) is 11.1 Å². The van der Waals surface area contributed by atoms with Crippen LogP contribution >= 0.6 is 34.5 Å². The van der Waals surface area contributed by atoms with Crippen LogP contribution in [0.15, 0.2) is 65.5 Å². The third-order valence-electron chi connectivity index (χ3n) is 5.01. The number of para-hydroxylation sites is 2. The average molecular weight is 483 g/mol. The number of ether oxygens (including phenoxy) is 2. The van der Waals surface area contributed by atoms with Gasteiger partial charge < -0.3 is 9.47 Å². The van der Waals surface area contributed by atoms with Crippen molar-refractivity contribution < 1.29 is 9.47 Å². The third kappa shape index (κ3) is 3.81. The Morgan fingerprint density at radius 2 is 1.88 bits per heavy atom. The van der Waals surface area contributed by atoms with Gasteiger partial charge in [0.05, 0.1) is 32.7 Å². The second kappa shape index (κ2) is 8.47. The molecule has 3 aromatic carbocycles. The molecular weight excluding hydrogens is 467 g/mol. The molecule has 0 spiro atoms. The first-order valence-electron chi connectivity index (χ1n) is 9.70. The predicted molar refractivity (Wildman–Crippen MR) is 129 cm³/mol. The molecule has 8 heteroatoms. The number of halogens is 2. The zero-order valence-corrected chi connectivity index (χ0v) is 19.2. The molecule has 5 rings (SSSR count). The summed E-state index contributed by atoms with van der Waals surface area (Å²) in [5.74, 6) is 1.16. The van der Waals surface area contributed by atoms with Crippen LogP contribution in [-0.4, -0.2) is 16.5 Å². The Labute approximate surface area is 197 Å². The molecule has 32 heavy (non-hydrogen) atoms. The third-order valence-corrected chi connectivity index (χ3v) is 6.72. The molecular formula is C24H16Cl2N2O3S. The van der Waals surface area contributed by atoms with E-state index in [4.69, 9.17) is 32.7 Å². The molecule has 5 nitrogen and oxygen atoms in total. The van der Waals surface area contributed by atoms with Crippen molar-refractivity contribution in [1.29, 1.82) is 0 Å². The second-order valence-corrected chi connectivity index (χ2v) is 8.91. The van der Waals surface area contributed by atoms with Crippen LogP contribution in [0.3, 0.4) is 0 Å². The molecule has 0 amide bonds. The van der Waals surface area contributed by atoms with Crippen LogP contribution in [0.4, 0.5) is 0 Å². The number of methoxy groups -OCH3 is 1. The molecule has 0 N–H and O–H groups in total. The highest BCUT2D eigenvalue weighted by Gasteiger charge is 2.11. The van der Waals surface area contributed by atoms with E-state index in [9.17, 15) is 4.79 Å². The number of fused-ring (bicyclic) bond motifs is 3. The Hall–Kier alpha value is -3.06. The first kappa shape index (κ1) is 20.8. The van der Waals surface area contributed by atoms with E-state index in [1.807, 2.05) is 54.6 Å². The van der Waals surface area contributed by atoms with Gasteiger partial charge in [-0.3, -0.25) is 4.79 Å². The fourth-order valence-electron chi connectivity index (χ4n) is 3.45. The monoisotopic (exact) mass is 482 g/mol. The molecule has 0 radical (unpaired) electrons. The van der Waals surface area contributed by atoms with Gasteiger partial charge in [-0.2, -0.15) is 0 Å². The van der Waals surface area contributed by atoms with E-state index in [2.05, 4.69) is 4.98 Å². The van der Waals surface area contributed by atoms with E-state index in [0.717, 1.165) is 22.2 Å². The quantitative estimate of drug-likeness (QED) is 0.338.